The van der Waals surface area contributed by atoms with Gasteiger partial charge in [-0.25, -0.2) is 0 Å². The topological polar surface area (TPSA) is 26.3 Å². The Kier molecular flexibility index (Phi) is 4.52. The highest BCUT2D eigenvalue weighted by atomic mass is 35.5. The third-order valence-electron chi connectivity index (χ3n) is 6.07. The number of carbonyl (C=O) groups is 1. The zero-order valence-corrected chi connectivity index (χ0v) is 17.0. The first-order chi connectivity index (χ1) is 14.1. The van der Waals surface area contributed by atoms with Crippen LogP contribution in [0.25, 0.3) is 23.3 Å². The van der Waals surface area contributed by atoms with Gasteiger partial charge in [0.15, 0.2) is 5.78 Å². The predicted octanol–water partition coefficient (Wildman–Crippen LogP) is 4.58. The van der Waals surface area contributed by atoms with Gasteiger partial charge in [-0.1, -0.05) is 42.0 Å². The van der Waals surface area contributed by atoms with Crippen molar-refractivity contribution in [3.8, 4) is 16.9 Å². The first kappa shape index (κ1) is 18.2. The molecule has 3 aromatic carbocycles. The van der Waals surface area contributed by atoms with Crippen LogP contribution in [0, 0.1) is 5.92 Å². The molecule has 0 N–H and O–H groups in total. The third-order valence-corrected chi connectivity index (χ3v) is 6.30. The highest BCUT2D eigenvalue weighted by molar-refractivity contribution is 6.30. The number of benzene rings is 3. The summed E-state index contributed by atoms with van der Waals surface area (Å²) in [5.74, 6) is 0.840. The molecule has 1 unspecified atom stereocenters. The molecule has 0 fully saturated rings. The highest BCUT2D eigenvalue weighted by Gasteiger charge is 2.23. The van der Waals surface area contributed by atoms with E-state index in [1.807, 2.05) is 30.3 Å². The summed E-state index contributed by atoms with van der Waals surface area (Å²) in [5.41, 5.74) is 5.77. The second kappa shape index (κ2) is 7.20. The molecule has 0 amide bonds. The standard InChI is InChI=1S/C26H21ClO2/c1-29-21-10-5-18(6-11-21)26(28)19-3-2-16-7-13-23-22(24(16)14-19)12-8-17-4-9-20(27)15-25(17)23/h4-7,9-15,19H,2-3,8H2,1H3. The first-order valence-corrected chi connectivity index (χ1v) is 10.3. The molecule has 0 aromatic heterocycles. The highest BCUT2D eigenvalue weighted by Crippen LogP contribution is 2.29. The molecular weight excluding hydrogens is 380 g/mol. The number of Topliss-reactive ketones (excluding diaryl/α,β-unsaturated/α-hetero) is 1. The Balaban J connectivity index is 1.59. The Morgan fingerprint density at radius 3 is 2.55 bits per heavy atom. The number of hydrogen-bond donors (Lipinski definition) is 0. The number of methoxy groups -OCH3 is 1. The number of carbonyl (C=O) groups excluding carboxylic acids is 1. The van der Waals surface area contributed by atoms with Crippen molar-refractivity contribution in [3.63, 3.8) is 0 Å². The summed E-state index contributed by atoms with van der Waals surface area (Å²) in [6.07, 6.45) is 7.12. The molecule has 5 rings (SSSR count). The van der Waals surface area contributed by atoms with E-state index < -0.39 is 0 Å². The number of aryl methyl sites for hydroxylation is 1. The van der Waals surface area contributed by atoms with Crippen molar-refractivity contribution in [2.75, 3.05) is 7.11 Å². The molecule has 0 radical (unpaired) electrons. The summed E-state index contributed by atoms with van der Waals surface area (Å²) in [6, 6.07) is 17.9. The van der Waals surface area contributed by atoms with E-state index in [0.717, 1.165) is 35.6 Å². The van der Waals surface area contributed by atoms with Crippen LogP contribution in [-0.2, 0) is 12.8 Å². The lowest BCUT2D eigenvalue weighted by Gasteiger charge is -2.21. The maximum absolute atomic E-state index is 13.1. The van der Waals surface area contributed by atoms with E-state index in [2.05, 4.69) is 36.4 Å². The molecule has 0 spiro atoms. The summed E-state index contributed by atoms with van der Waals surface area (Å²) in [7, 11) is 1.63. The van der Waals surface area contributed by atoms with Crippen molar-refractivity contribution in [1.29, 1.82) is 0 Å². The predicted molar refractivity (Wildman–Crippen MR) is 118 cm³/mol. The summed E-state index contributed by atoms with van der Waals surface area (Å²) >= 11 is 6.27. The van der Waals surface area contributed by atoms with Gasteiger partial charge in [0.2, 0.25) is 0 Å². The average Bonchev–Trinajstić information content (AvgIpc) is 2.77. The van der Waals surface area contributed by atoms with Crippen LogP contribution in [0.4, 0.5) is 0 Å². The molecule has 0 heterocycles. The molecular formula is C26H21ClO2. The number of ether oxygens (including phenoxy) is 1. The Labute approximate surface area is 175 Å². The number of halogens is 1. The van der Waals surface area contributed by atoms with Crippen molar-refractivity contribution in [2.45, 2.75) is 19.3 Å². The lowest BCUT2D eigenvalue weighted by molar-refractivity contribution is 0.0946. The molecule has 0 saturated carbocycles. The van der Waals surface area contributed by atoms with Gasteiger partial charge in [0.25, 0.3) is 0 Å². The molecule has 0 saturated heterocycles. The van der Waals surface area contributed by atoms with Gasteiger partial charge in [-0.15, -0.1) is 0 Å². The van der Waals surface area contributed by atoms with E-state index in [1.54, 1.807) is 7.11 Å². The van der Waals surface area contributed by atoms with Crippen LogP contribution in [0.1, 0.15) is 27.9 Å². The van der Waals surface area contributed by atoms with E-state index in [9.17, 15) is 4.79 Å². The largest absolute Gasteiger partial charge is 0.497 e. The van der Waals surface area contributed by atoms with Crippen LogP contribution < -0.4 is 15.2 Å². The molecule has 2 aliphatic carbocycles. The van der Waals surface area contributed by atoms with E-state index in [4.69, 9.17) is 16.3 Å². The Morgan fingerprint density at radius 2 is 1.76 bits per heavy atom. The van der Waals surface area contributed by atoms with Gasteiger partial charge in [0.1, 0.15) is 5.75 Å². The van der Waals surface area contributed by atoms with E-state index in [-0.39, 0.29) is 11.7 Å². The molecule has 1 atom stereocenters. The van der Waals surface area contributed by atoms with Crippen LogP contribution in [0.3, 0.4) is 0 Å². The van der Waals surface area contributed by atoms with E-state index >= 15 is 0 Å². The Bertz CT molecular complexity index is 1240. The van der Waals surface area contributed by atoms with E-state index in [1.165, 1.54) is 32.7 Å². The maximum Gasteiger partial charge on any atom is 0.169 e. The zero-order valence-electron chi connectivity index (χ0n) is 16.2. The van der Waals surface area contributed by atoms with Gasteiger partial charge < -0.3 is 4.74 Å². The average molecular weight is 401 g/mol. The Hall–Kier alpha value is -2.84. The fourth-order valence-electron chi connectivity index (χ4n) is 4.51. The SMILES string of the molecule is COc1ccc(C(=O)C2C=c3c(ccc4c3=CCc3ccc(Cl)cc3-4)CC2)cc1. The number of rotatable bonds is 3. The van der Waals surface area contributed by atoms with E-state index in [0.29, 0.717) is 0 Å². The van der Waals surface area contributed by atoms with Crippen molar-refractivity contribution < 1.29 is 9.53 Å². The Morgan fingerprint density at radius 1 is 0.966 bits per heavy atom. The molecule has 2 aliphatic rings. The van der Waals surface area contributed by atoms with Gasteiger partial charge in [0, 0.05) is 16.5 Å². The number of hydrogen-bond acceptors (Lipinski definition) is 2. The fourth-order valence-corrected chi connectivity index (χ4v) is 4.68. The van der Waals surface area contributed by atoms with Crippen LogP contribution in [-0.4, -0.2) is 12.9 Å². The molecule has 0 aliphatic heterocycles. The van der Waals surface area contributed by atoms with Gasteiger partial charge in [0.05, 0.1) is 7.11 Å². The molecule has 29 heavy (non-hydrogen) atoms. The van der Waals surface area contributed by atoms with Crippen LogP contribution >= 0.6 is 11.6 Å². The second-order valence-corrected chi connectivity index (χ2v) is 8.15. The minimum atomic E-state index is -0.100. The summed E-state index contributed by atoms with van der Waals surface area (Å²) in [4.78, 5) is 13.1. The zero-order chi connectivity index (χ0) is 20.0. The van der Waals surface area contributed by atoms with Crippen LogP contribution in [0.5, 0.6) is 5.75 Å². The number of ketones is 1. The smallest absolute Gasteiger partial charge is 0.169 e. The lowest BCUT2D eigenvalue weighted by Crippen LogP contribution is -2.37. The third kappa shape index (κ3) is 3.18. The monoisotopic (exact) mass is 400 g/mol. The summed E-state index contributed by atoms with van der Waals surface area (Å²) in [6.45, 7) is 0. The molecule has 2 nitrogen and oxygen atoms in total. The quantitative estimate of drug-likeness (QED) is 0.601. The van der Waals surface area contributed by atoms with Crippen molar-refractivity contribution in [3.05, 3.63) is 86.7 Å². The second-order valence-electron chi connectivity index (χ2n) is 7.71. The summed E-state index contributed by atoms with van der Waals surface area (Å²) < 4.78 is 5.21. The van der Waals surface area contributed by atoms with Crippen molar-refractivity contribution in [2.24, 2.45) is 5.92 Å². The summed E-state index contributed by atoms with van der Waals surface area (Å²) in [5, 5.41) is 3.21. The number of fused-ring (bicyclic) bond motifs is 5. The normalized spacial score (nSPS) is 16.6. The van der Waals surface area contributed by atoms with Crippen LogP contribution in [0.2, 0.25) is 5.02 Å². The lowest BCUT2D eigenvalue weighted by atomic mass is 9.82. The molecule has 3 heteroatoms. The first-order valence-electron chi connectivity index (χ1n) is 9.95. The van der Waals surface area contributed by atoms with Gasteiger partial charge in [-0.05, 0) is 88.4 Å². The van der Waals surface area contributed by atoms with Crippen molar-refractivity contribution in [1.82, 2.24) is 0 Å². The minimum Gasteiger partial charge on any atom is -0.497 e. The molecule has 3 aromatic rings. The van der Waals surface area contributed by atoms with Gasteiger partial charge >= 0.3 is 0 Å². The minimum absolute atomic E-state index is 0.100. The van der Waals surface area contributed by atoms with Crippen LogP contribution in [0.15, 0.2) is 54.6 Å². The van der Waals surface area contributed by atoms with Gasteiger partial charge in [-0.2, -0.15) is 0 Å². The molecule has 144 valence electrons. The molecule has 0 bridgehead atoms. The maximum atomic E-state index is 13.1. The van der Waals surface area contributed by atoms with Crippen molar-refractivity contribution >= 4 is 29.5 Å². The van der Waals surface area contributed by atoms with Gasteiger partial charge in [-0.3, -0.25) is 4.79 Å². The fraction of sp³-hybridized carbons (Fsp3) is 0.192.